The molecule has 8 nitrogen and oxygen atoms in total. The molecule has 1 aromatic carbocycles. The van der Waals surface area contributed by atoms with E-state index < -0.39 is 5.91 Å². The summed E-state index contributed by atoms with van der Waals surface area (Å²) >= 11 is 0. The summed E-state index contributed by atoms with van der Waals surface area (Å²) in [6.45, 7) is 0. The molecule has 0 aliphatic heterocycles. The van der Waals surface area contributed by atoms with Gasteiger partial charge in [0.25, 0.3) is 5.91 Å². The van der Waals surface area contributed by atoms with Gasteiger partial charge < -0.3 is 20.9 Å². The van der Waals surface area contributed by atoms with Gasteiger partial charge in [-0.15, -0.1) is 12.4 Å². The number of para-hydroxylation sites is 1. The van der Waals surface area contributed by atoms with Gasteiger partial charge in [0.05, 0.1) is 31.7 Å². The van der Waals surface area contributed by atoms with Crippen molar-refractivity contribution in [2.45, 2.75) is 18.8 Å². The van der Waals surface area contributed by atoms with Gasteiger partial charge in [-0.2, -0.15) is 10.1 Å². The molecule has 3 rings (SSSR count). The zero-order chi connectivity index (χ0) is 17.3. The van der Waals surface area contributed by atoms with Crippen molar-refractivity contribution in [3.63, 3.8) is 0 Å². The zero-order valence-electron chi connectivity index (χ0n) is 13.9. The number of guanidine groups is 1. The molecule has 0 saturated heterocycles. The fourth-order valence-corrected chi connectivity index (χ4v) is 2.68. The second kappa shape index (κ2) is 7.43. The van der Waals surface area contributed by atoms with E-state index in [0.29, 0.717) is 22.7 Å². The van der Waals surface area contributed by atoms with Crippen molar-refractivity contribution < 1.29 is 14.3 Å². The van der Waals surface area contributed by atoms with Crippen molar-refractivity contribution in [2.24, 2.45) is 16.5 Å². The van der Waals surface area contributed by atoms with Crippen LogP contribution in [0.4, 0.5) is 0 Å². The molecule has 0 radical (unpaired) electrons. The van der Waals surface area contributed by atoms with Crippen LogP contribution in [-0.2, 0) is 0 Å². The Labute approximate surface area is 151 Å². The fourth-order valence-electron chi connectivity index (χ4n) is 2.68. The van der Waals surface area contributed by atoms with Gasteiger partial charge in [0.1, 0.15) is 5.69 Å². The van der Waals surface area contributed by atoms with E-state index in [0.717, 1.165) is 18.5 Å². The maximum absolute atomic E-state index is 12.3. The summed E-state index contributed by atoms with van der Waals surface area (Å²) in [4.78, 5) is 15.9. The van der Waals surface area contributed by atoms with Crippen molar-refractivity contribution in [2.75, 3.05) is 14.2 Å². The molecule has 0 unspecified atom stereocenters. The Morgan fingerprint density at radius 3 is 2.56 bits per heavy atom. The van der Waals surface area contributed by atoms with E-state index in [-0.39, 0.29) is 24.3 Å². The summed E-state index contributed by atoms with van der Waals surface area (Å²) in [6, 6.07) is 5.50. The van der Waals surface area contributed by atoms with Crippen molar-refractivity contribution in [1.29, 1.82) is 0 Å². The molecule has 1 saturated carbocycles. The molecule has 1 fully saturated rings. The summed E-state index contributed by atoms with van der Waals surface area (Å²) in [6.07, 6.45) is 3.46. The summed E-state index contributed by atoms with van der Waals surface area (Å²) in [5.74, 6) is 0.616. The van der Waals surface area contributed by atoms with Crippen LogP contribution in [0.15, 0.2) is 29.4 Å². The molecule has 0 spiro atoms. The molecule has 1 aromatic heterocycles. The molecule has 1 aliphatic rings. The van der Waals surface area contributed by atoms with Gasteiger partial charge in [-0.25, -0.2) is 4.68 Å². The molecule has 4 N–H and O–H groups in total. The maximum Gasteiger partial charge on any atom is 0.283 e. The van der Waals surface area contributed by atoms with Gasteiger partial charge in [-0.1, -0.05) is 6.07 Å². The summed E-state index contributed by atoms with van der Waals surface area (Å²) in [5.41, 5.74) is 12.5. The third kappa shape index (κ3) is 3.53. The number of nitrogens with two attached hydrogens (primary N) is 2. The van der Waals surface area contributed by atoms with Gasteiger partial charge in [0, 0.05) is 5.92 Å². The number of methoxy groups -OCH3 is 2. The highest BCUT2D eigenvalue weighted by Gasteiger charge is 2.33. The van der Waals surface area contributed by atoms with Crippen LogP contribution in [-0.4, -0.2) is 35.9 Å². The van der Waals surface area contributed by atoms with E-state index in [1.54, 1.807) is 25.0 Å². The third-order valence-corrected chi connectivity index (χ3v) is 3.84. The lowest BCUT2D eigenvalue weighted by Crippen LogP contribution is -2.24. The predicted octanol–water partition coefficient (Wildman–Crippen LogP) is 1.60. The van der Waals surface area contributed by atoms with Crippen LogP contribution in [0.5, 0.6) is 11.5 Å². The highest BCUT2D eigenvalue weighted by Crippen LogP contribution is 2.44. The number of halogens is 1. The Morgan fingerprint density at radius 1 is 1.28 bits per heavy atom. The standard InChI is InChI=1S/C16H19N5O3.ClH/c1-23-12-5-3-4-11(14(12)24-2)21-13(9-6-7-9)10(8-19-21)15(22)20-16(17)18;/h3-5,8-9H,6-7H2,1-2H3,(H4,17,18,20,22);1H. The van der Waals surface area contributed by atoms with Crippen molar-refractivity contribution in [1.82, 2.24) is 9.78 Å². The molecule has 1 amide bonds. The van der Waals surface area contributed by atoms with Gasteiger partial charge in [-0.05, 0) is 25.0 Å². The van der Waals surface area contributed by atoms with Gasteiger partial charge in [0.2, 0.25) is 0 Å². The third-order valence-electron chi connectivity index (χ3n) is 3.84. The number of aliphatic imine (C=N–C) groups is 1. The van der Waals surface area contributed by atoms with Gasteiger partial charge >= 0.3 is 0 Å². The number of amides is 1. The van der Waals surface area contributed by atoms with E-state index in [4.69, 9.17) is 20.9 Å². The number of aromatic nitrogens is 2. The Hall–Kier alpha value is -2.74. The monoisotopic (exact) mass is 365 g/mol. The Balaban J connectivity index is 0.00000225. The van der Waals surface area contributed by atoms with E-state index >= 15 is 0 Å². The average Bonchev–Trinajstić information content (AvgIpc) is 3.31. The largest absolute Gasteiger partial charge is 0.493 e. The first kappa shape index (κ1) is 18.6. The topological polar surface area (TPSA) is 118 Å². The molecule has 1 aliphatic carbocycles. The maximum atomic E-state index is 12.3. The number of nitrogens with zero attached hydrogens (tertiary/aromatic N) is 3. The lowest BCUT2D eigenvalue weighted by Gasteiger charge is -2.14. The predicted molar refractivity (Wildman–Crippen MR) is 96.0 cm³/mol. The van der Waals surface area contributed by atoms with Crippen molar-refractivity contribution in [3.8, 4) is 17.2 Å². The molecule has 1 heterocycles. The Bertz CT molecular complexity index is 810. The Kier molecular flexibility index (Phi) is 5.53. The van der Waals surface area contributed by atoms with E-state index in [1.807, 2.05) is 12.1 Å². The Morgan fingerprint density at radius 2 is 2.00 bits per heavy atom. The molecular weight excluding hydrogens is 346 g/mol. The minimum Gasteiger partial charge on any atom is -0.493 e. The number of benzene rings is 1. The van der Waals surface area contributed by atoms with Crippen LogP contribution in [0.25, 0.3) is 5.69 Å². The van der Waals surface area contributed by atoms with Gasteiger partial charge in [0.15, 0.2) is 17.5 Å². The number of carbonyl (C=O) groups is 1. The number of carbonyl (C=O) groups excluding carboxylic acids is 1. The second-order valence-corrected chi connectivity index (χ2v) is 5.48. The zero-order valence-corrected chi connectivity index (χ0v) is 14.7. The van der Waals surface area contributed by atoms with Crippen LogP contribution in [0.3, 0.4) is 0 Å². The molecule has 0 atom stereocenters. The number of hydrogen-bond acceptors (Lipinski definition) is 4. The minimum atomic E-state index is -0.495. The van der Waals surface area contributed by atoms with Gasteiger partial charge in [-0.3, -0.25) is 4.79 Å². The lowest BCUT2D eigenvalue weighted by molar-refractivity contribution is 0.100. The average molecular weight is 366 g/mol. The van der Waals surface area contributed by atoms with E-state index in [2.05, 4.69) is 10.1 Å². The molecule has 134 valence electrons. The fraction of sp³-hybridized carbons (Fsp3) is 0.312. The minimum absolute atomic E-state index is 0. The lowest BCUT2D eigenvalue weighted by atomic mass is 10.1. The van der Waals surface area contributed by atoms with E-state index in [9.17, 15) is 4.79 Å². The van der Waals surface area contributed by atoms with Crippen molar-refractivity contribution in [3.05, 3.63) is 35.7 Å². The van der Waals surface area contributed by atoms with Crippen LogP contribution in [0, 0.1) is 0 Å². The molecule has 25 heavy (non-hydrogen) atoms. The molecule has 0 bridgehead atoms. The van der Waals surface area contributed by atoms with Crippen LogP contribution in [0.1, 0.15) is 34.8 Å². The SMILES string of the molecule is COc1cccc(-n2ncc(C(=O)N=C(N)N)c2C2CC2)c1OC.Cl. The highest BCUT2D eigenvalue weighted by atomic mass is 35.5. The smallest absolute Gasteiger partial charge is 0.283 e. The number of hydrogen-bond donors (Lipinski definition) is 2. The normalized spacial score (nSPS) is 12.9. The number of ether oxygens (including phenoxy) is 2. The van der Waals surface area contributed by atoms with Crippen LogP contribution < -0.4 is 20.9 Å². The summed E-state index contributed by atoms with van der Waals surface area (Å²) in [5, 5.41) is 4.37. The molecular formula is C16H20ClN5O3. The first-order valence-corrected chi connectivity index (χ1v) is 7.50. The highest BCUT2D eigenvalue weighted by molar-refractivity contribution is 6.02. The molecule has 2 aromatic rings. The second-order valence-electron chi connectivity index (χ2n) is 5.48. The van der Waals surface area contributed by atoms with Crippen LogP contribution >= 0.6 is 12.4 Å². The summed E-state index contributed by atoms with van der Waals surface area (Å²) in [7, 11) is 3.13. The quantitative estimate of drug-likeness (QED) is 0.613. The summed E-state index contributed by atoms with van der Waals surface area (Å²) < 4.78 is 12.5. The molecule has 9 heteroatoms. The van der Waals surface area contributed by atoms with Crippen LogP contribution in [0.2, 0.25) is 0 Å². The van der Waals surface area contributed by atoms with E-state index in [1.165, 1.54) is 6.20 Å². The first-order chi connectivity index (χ1) is 11.6. The number of rotatable bonds is 5. The first-order valence-electron chi connectivity index (χ1n) is 7.50. The van der Waals surface area contributed by atoms with Crippen molar-refractivity contribution >= 4 is 24.3 Å².